The van der Waals surface area contributed by atoms with Gasteiger partial charge in [0.15, 0.2) is 0 Å². The van der Waals surface area contributed by atoms with Crippen LogP contribution >= 0.6 is 0 Å². The van der Waals surface area contributed by atoms with Crippen LogP contribution in [-0.2, 0) is 22.4 Å². The number of ether oxygens (including phenoxy) is 1. The van der Waals surface area contributed by atoms with Crippen LogP contribution in [0.3, 0.4) is 0 Å². The van der Waals surface area contributed by atoms with Gasteiger partial charge in [-0.1, -0.05) is 87.8 Å². The van der Waals surface area contributed by atoms with Gasteiger partial charge in [0.1, 0.15) is 24.1 Å². The maximum absolute atomic E-state index is 10.4. The molecular formula is C30H42O3. The van der Waals surface area contributed by atoms with Crippen LogP contribution in [0.5, 0.6) is 11.5 Å². The first kappa shape index (κ1) is 26.8. The van der Waals surface area contributed by atoms with E-state index in [4.69, 9.17) is 4.74 Å². The fourth-order valence-electron chi connectivity index (χ4n) is 4.24. The third-order valence-corrected chi connectivity index (χ3v) is 6.20. The van der Waals surface area contributed by atoms with Gasteiger partial charge in [0.2, 0.25) is 0 Å². The molecule has 0 heterocycles. The summed E-state index contributed by atoms with van der Waals surface area (Å²) in [5, 5.41) is 0. The normalized spacial score (nSPS) is 10.8. The number of unbranched alkanes of at least 4 members (excludes halogenated alkanes) is 12. The number of para-hydroxylation sites is 2. The second-order valence-corrected chi connectivity index (χ2v) is 8.97. The Morgan fingerprint density at radius 1 is 0.485 bits per heavy atom. The number of hydrogen-bond donors (Lipinski definition) is 0. The average molecular weight is 451 g/mol. The number of aryl methyl sites for hydroxylation is 2. The Balaban J connectivity index is 1.77. The fraction of sp³-hybridized carbons (Fsp3) is 0.533. The molecule has 0 saturated heterocycles. The molecule has 2 aromatic rings. The summed E-state index contributed by atoms with van der Waals surface area (Å²) in [6, 6.07) is 16.9. The van der Waals surface area contributed by atoms with Crippen molar-refractivity contribution in [3.8, 4) is 11.5 Å². The highest BCUT2D eigenvalue weighted by Crippen LogP contribution is 2.30. The first-order valence-electron chi connectivity index (χ1n) is 13.1. The number of carbonyl (C=O) groups is 2. The molecule has 0 aromatic heterocycles. The van der Waals surface area contributed by atoms with Crippen molar-refractivity contribution >= 4 is 12.6 Å². The molecule has 180 valence electrons. The lowest BCUT2D eigenvalue weighted by Crippen LogP contribution is -1.96. The molecule has 0 N–H and O–H groups in total. The molecule has 0 amide bonds. The highest BCUT2D eigenvalue weighted by Gasteiger charge is 2.08. The van der Waals surface area contributed by atoms with Crippen LogP contribution in [0.2, 0.25) is 0 Å². The van der Waals surface area contributed by atoms with E-state index in [0.29, 0.717) is 12.8 Å². The zero-order valence-electron chi connectivity index (χ0n) is 20.3. The Kier molecular flexibility index (Phi) is 14.7. The van der Waals surface area contributed by atoms with Gasteiger partial charge < -0.3 is 14.3 Å². The monoisotopic (exact) mass is 450 g/mol. The Labute approximate surface area is 200 Å². The number of aldehydes is 2. The maximum atomic E-state index is 10.4. The third-order valence-electron chi connectivity index (χ3n) is 6.20. The van der Waals surface area contributed by atoms with Crippen LogP contribution in [0.1, 0.15) is 101 Å². The molecule has 0 unspecified atom stereocenters. The van der Waals surface area contributed by atoms with E-state index in [1.54, 1.807) is 0 Å². The number of carbonyl (C=O) groups excluding carboxylic acids is 2. The lowest BCUT2D eigenvalue weighted by molar-refractivity contribution is -0.108. The smallest absolute Gasteiger partial charge is 0.130 e. The van der Waals surface area contributed by atoms with Crippen molar-refractivity contribution in [1.82, 2.24) is 0 Å². The quantitative estimate of drug-likeness (QED) is 0.150. The van der Waals surface area contributed by atoms with E-state index < -0.39 is 0 Å². The summed E-state index contributed by atoms with van der Waals surface area (Å²) in [5.74, 6) is 1.96. The summed E-state index contributed by atoms with van der Waals surface area (Å²) >= 11 is 0. The molecule has 0 aliphatic heterocycles. The zero-order valence-corrected chi connectivity index (χ0v) is 20.3. The van der Waals surface area contributed by atoms with Crippen LogP contribution in [0.4, 0.5) is 0 Å². The van der Waals surface area contributed by atoms with Crippen molar-refractivity contribution in [1.29, 1.82) is 0 Å². The minimum atomic E-state index is 0.703. The standard InChI is InChI=1S/C30H42O3/c31-25-17-9-5-1-3-7-11-19-27-21-13-15-23-29(27)33-30-24-16-14-22-28(30)20-12-8-4-2-6-10-18-26-32/h13-16,21-26H,1-12,17-20H2. The van der Waals surface area contributed by atoms with Crippen molar-refractivity contribution in [3.63, 3.8) is 0 Å². The summed E-state index contributed by atoms with van der Waals surface area (Å²) in [7, 11) is 0. The summed E-state index contributed by atoms with van der Waals surface area (Å²) in [6.45, 7) is 0. The first-order chi connectivity index (χ1) is 16.3. The molecule has 0 radical (unpaired) electrons. The highest BCUT2D eigenvalue weighted by atomic mass is 16.5. The van der Waals surface area contributed by atoms with Crippen LogP contribution < -0.4 is 4.74 Å². The van der Waals surface area contributed by atoms with Crippen LogP contribution in [0, 0.1) is 0 Å². The minimum absolute atomic E-state index is 0.703. The molecular weight excluding hydrogens is 408 g/mol. The molecule has 0 bridgehead atoms. The van der Waals surface area contributed by atoms with Crippen molar-refractivity contribution < 1.29 is 14.3 Å². The van der Waals surface area contributed by atoms with Gasteiger partial charge in [-0.2, -0.15) is 0 Å². The van der Waals surface area contributed by atoms with Gasteiger partial charge in [-0.05, 0) is 61.8 Å². The van der Waals surface area contributed by atoms with E-state index in [0.717, 1.165) is 62.6 Å². The summed E-state index contributed by atoms with van der Waals surface area (Å²) in [6.07, 6.45) is 19.6. The van der Waals surface area contributed by atoms with Gasteiger partial charge in [-0.3, -0.25) is 0 Å². The van der Waals surface area contributed by atoms with Gasteiger partial charge in [-0.15, -0.1) is 0 Å². The van der Waals surface area contributed by atoms with E-state index in [2.05, 4.69) is 48.5 Å². The van der Waals surface area contributed by atoms with Gasteiger partial charge in [0, 0.05) is 12.8 Å². The van der Waals surface area contributed by atoms with Gasteiger partial charge in [0.25, 0.3) is 0 Å². The second kappa shape index (κ2) is 18.1. The molecule has 0 atom stereocenters. The SMILES string of the molecule is O=CCCCCCCCCc1ccccc1Oc1ccccc1CCCCCCCCC=O. The number of hydrogen-bond acceptors (Lipinski definition) is 3. The van der Waals surface area contributed by atoms with Crippen molar-refractivity contribution in [2.24, 2.45) is 0 Å². The molecule has 0 aliphatic rings. The topological polar surface area (TPSA) is 43.4 Å². The zero-order chi connectivity index (χ0) is 23.4. The van der Waals surface area contributed by atoms with E-state index in [9.17, 15) is 9.59 Å². The average Bonchev–Trinajstić information content (AvgIpc) is 2.84. The molecule has 0 fully saturated rings. The lowest BCUT2D eigenvalue weighted by atomic mass is 10.0. The summed E-state index contributed by atoms with van der Waals surface area (Å²) in [5.41, 5.74) is 2.56. The molecule has 2 rings (SSSR count). The highest BCUT2D eigenvalue weighted by molar-refractivity contribution is 5.49. The Morgan fingerprint density at radius 2 is 0.848 bits per heavy atom. The number of benzene rings is 2. The van der Waals surface area contributed by atoms with E-state index >= 15 is 0 Å². The number of rotatable bonds is 20. The maximum Gasteiger partial charge on any atom is 0.130 e. The predicted molar refractivity (Wildman–Crippen MR) is 137 cm³/mol. The van der Waals surface area contributed by atoms with E-state index in [1.165, 1.54) is 62.5 Å². The van der Waals surface area contributed by atoms with E-state index in [-0.39, 0.29) is 0 Å². The molecule has 3 nitrogen and oxygen atoms in total. The van der Waals surface area contributed by atoms with Crippen molar-refractivity contribution in [3.05, 3.63) is 59.7 Å². The van der Waals surface area contributed by atoms with Crippen molar-refractivity contribution in [2.75, 3.05) is 0 Å². The molecule has 33 heavy (non-hydrogen) atoms. The third kappa shape index (κ3) is 11.8. The van der Waals surface area contributed by atoms with Crippen molar-refractivity contribution in [2.45, 2.75) is 103 Å². The van der Waals surface area contributed by atoms with Crippen LogP contribution in [0.25, 0.3) is 0 Å². The van der Waals surface area contributed by atoms with E-state index in [1.807, 2.05) is 0 Å². The molecule has 0 aliphatic carbocycles. The molecule has 2 aromatic carbocycles. The lowest BCUT2D eigenvalue weighted by Gasteiger charge is -2.14. The first-order valence-corrected chi connectivity index (χ1v) is 13.1. The molecule has 3 heteroatoms. The Hall–Kier alpha value is -2.42. The van der Waals surface area contributed by atoms with Gasteiger partial charge >= 0.3 is 0 Å². The van der Waals surface area contributed by atoms with Gasteiger partial charge in [-0.25, -0.2) is 0 Å². The second-order valence-electron chi connectivity index (χ2n) is 8.97. The van der Waals surface area contributed by atoms with Crippen LogP contribution in [0.15, 0.2) is 48.5 Å². The molecule has 0 saturated carbocycles. The van der Waals surface area contributed by atoms with Gasteiger partial charge in [0.05, 0.1) is 0 Å². The fourth-order valence-corrected chi connectivity index (χ4v) is 4.24. The summed E-state index contributed by atoms with van der Waals surface area (Å²) < 4.78 is 6.42. The Morgan fingerprint density at radius 3 is 1.27 bits per heavy atom. The predicted octanol–water partition coefficient (Wildman–Crippen LogP) is 8.42. The van der Waals surface area contributed by atoms with Crippen LogP contribution in [-0.4, -0.2) is 12.6 Å². The minimum Gasteiger partial charge on any atom is -0.457 e. The Bertz CT molecular complexity index is 718. The summed E-state index contributed by atoms with van der Waals surface area (Å²) in [4.78, 5) is 20.8. The molecule has 0 spiro atoms. The largest absolute Gasteiger partial charge is 0.457 e.